The van der Waals surface area contributed by atoms with E-state index in [0.717, 1.165) is 6.08 Å². The molecule has 6 nitrogen and oxygen atoms in total. The van der Waals surface area contributed by atoms with Crippen molar-refractivity contribution in [3.05, 3.63) is 29.8 Å². The first-order valence-electron chi connectivity index (χ1n) is 7.27. The van der Waals surface area contributed by atoms with Gasteiger partial charge in [-0.25, -0.2) is 0 Å². The normalized spacial score (nSPS) is 12.1. The van der Waals surface area contributed by atoms with Gasteiger partial charge in [0.15, 0.2) is 11.5 Å². The van der Waals surface area contributed by atoms with Crippen molar-refractivity contribution in [3.8, 4) is 11.5 Å². The molecule has 0 saturated heterocycles. The fourth-order valence-corrected chi connectivity index (χ4v) is 1.86. The molecule has 0 spiro atoms. The molecule has 0 aliphatic carbocycles. The zero-order chi connectivity index (χ0) is 18.1. The van der Waals surface area contributed by atoms with Gasteiger partial charge in [-0.05, 0) is 26.0 Å². The predicted molar refractivity (Wildman–Crippen MR) is 84.9 cm³/mol. The second kappa shape index (κ2) is 9.49. The average Bonchev–Trinajstić information content (AvgIpc) is 2.53. The average molecular weight is 342 g/mol. The molecule has 132 valence electrons. The second-order valence-corrected chi connectivity index (χ2v) is 4.72. The molecule has 0 saturated carbocycles. The lowest BCUT2D eigenvalue weighted by Gasteiger charge is -2.13. The van der Waals surface area contributed by atoms with Gasteiger partial charge in [-0.2, -0.15) is 8.78 Å². The molecule has 0 aliphatic rings. The number of ether oxygens (including phenoxy) is 2. The SMILES string of the molecule is CCNC(=O)[C@@H](C)NC(=O)/C=C/c1cccc(OC)c1OC(F)F. The van der Waals surface area contributed by atoms with Crippen molar-refractivity contribution in [2.75, 3.05) is 13.7 Å². The third-order valence-corrected chi connectivity index (χ3v) is 2.95. The second-order valence-electron chi connectivity index (χ2n) is 4.72. The number of amides is 2. The monoisotopic (exact) mass is 342 g/mol. The number of carbonyl (C=O) groups excluding carboxylic acids is 2. The molecule has 0 bridgehead atoms. The first-order chi connectivity index (χ1) is 11.4. The van der Waals surface area contributed by atoms with Gasteiger partial charge in [-0.1, -0.05) is 12.1 Å². The van der Waals surface area contributed by atoms with Gasteiger partial charge in [0.1, 0.15) is 6.04 Å². The molecule has 1 aromatic rings. The highest BCUT2D eigenvalue weighted by molar-refractivity contribution is 5.95. The van der Waals surface area contributed by atoms with Crippen molar-refractivity contribution in [2.45, 2.75) is 26.5 Å². The Labute approximate surface area is 138 Å². The lowest BCUT2D eigenvalue weighted by molar-refractivity contribution is -0.126. The first kappa shape index (κ1) is 19.4. The van der Waals surface area contributed by atoms with E-state index in [1.807, 2.05) is 0 Å². The van der Waals surface area contributed by atoms with Crippen molar-refractivity contribution in [3.63, 3.8) is 0 Å². The first-order valence-corrected chi connectivity index (χ1v) is 7.27. The molecule has 1 atom stereocenters. The van der Waals surface area contributed by atoms with Crippen molar-refractivity contribution >= 4 is 17.9 Å². The fraction of sp³-hybridized carbons (Fsp3) is 0.375. The van der Waals surface area contributed by atoms with E-state index in [4.69, 9.17) is 4.74 Å². The molecular weight excluding hydrogens is 322 g/mol. The van der Waals surface area contributed by atoms with Gasteiger partial charge in [-0.3, -0.25) is 9.59 Å². The summed E-state index contributed by atoms with van der Waals surface area (Å²) in [6.07, 6.45) is 2.43. The van der Waals surface area contributed by atoms with Crippen LogP contribution >= 0.6 is 0 Å². The van der Waals surface area contributed by atoms with Crippen LogP contribution in [0.15, 0.2) is 24.3 Å². The Morgan fingerprint density at radius 3 is 2.62 bits per heavy atom. The van der Waals surface area contributed by atoms with Crippen LogP contribution in [0.1, 0.15) is 19.4 Å². The van der Waals surface area contributed by atoms with Crippen molar-refractivity contribution in [1.82, 2.24) is 10.6 Å². The van der Waals surface area contributed by atoms with Gasteiger partial charge in [0.25, 0.3) is 0 Å². The summed E-state index contributed by atoms with van der Waals surface area (Å²) in [5.74, 6) is -0.911. The lowest BCUT2D eigenvalue weighted by Crippen LogP contribution is -2.44. The van der Waals surface area contributed by atoms with E-state index < -0.39 is 18.6 Å². The van der Waals surface area contributed by atoms with Crippen LogP contribution in [-0.4, -0.2) is 38.1 Å². The molecule has 0 heterocycles. The summed E-state index contributed by atoms with van der Waals surface area (Å²) >= 11 is 0. The zero-order valence-corrected chi connectivity index (χ0v) is 13.6. The number of likely N-dealkylation sites (N-methyl/N-ethyl adjacent to an activating group) is 1. The molecule has 2 amide bonds. The van der Waals surface area contributed by atoms with Crippen molar-refractivity contribution in [1.29, 1.82) is 0 Å². The molecule has 0 aliphatic heterocycles. The highest BCUT2D eigenvalue weighted by Gasteiger charge is 2.15. The summed E-state index contributed by atoms with van der Waals surface area (Å²) < 4.78 is 34.5. The number of hydrogen-bond donors (Lipinski definition) is 2. The summed E-state index contributed by atoms with van der Waals surface area (Å²) in [6.45, 7) is 0.723. The lowest BCUT2D eigenvalue weighted by atomic mass is 10.1. The summed E-state index contributed by atoms with van der Waals surface area (Å²) in [4.78, 5) is 23.4. The molecule has 1 rings (SSSR count). The smallest absolute Gasteiger partial charge is 0.387 e. The van der Waals surface area contributed by atoms with Gasteiger partial charge in [0, 0.05) is 18.2 Å². The number of hydrogen-bond acceptors (Lipinski definition) is 4. The Hall–Kier alpha value is -2.64. The maximum Gasteiger partial charge on any atom is 0.387 e. The molecule has 0 radical (unpaired) electrons. The Kier molecular flexibility index (Phi) is 7.67. The minimum absolute atomic E-state index is 0.119. The van der Waals surface area contributed by atoms with Crippen molar-refractivity contribution in [2.24, 2.45) is 0 Å². The minimum Gasteiger partial charge on any atom is -0.493 e. The number of methoxy groups -OCH3 is 1. The number of benzene rings is 1. The third kappa shape index (κ3) is 5.86. The van der Waals surface area contributed by atoms with Crippen LogP contribution in [0.25, 0.3) is 6.08 Å². The molecule has 2 N–H and O–H groups in total. The topological polar surface area (TPSA) is 76.7 Å². The predicted octanol–water partition coefficient (Wildman–Crippen LogP) is 1.95. The maximum absolute atomic E-state index is 12.5. The third-order valence-electron chi connectivity index (χ3n) is 2.95. The van der Waals surface area contributed by atoms with Gasteiger partial charge in [0.05, 0.1) is 7.11 Å². The standard InChI is InChI=1S/C16H20F2N2O4/c1-4-19-15(22)10(2)20-13(21)9-8-11-6-5-7-12(23-3)14(11)24-16(17)18/h5-10,16H,4H2,1-3H3,(H,19,22)(H,20,21)/b9-8+/t10-/m1/s1. The fourth-order valence-electron chi connectivity index (χ4n) is 1.86. The summed E-state index contributed by atoms with van der Waals surface area (Å²) in [5.41, 5.74) is 0.246. The molecule has 24 heavy (non-hydrogen) atoms. The summed E-state index contributed by atoms with van der Waals surface area (Å²) in [5, 5.41) is 5.04. The van der Waals surface area contributed by atoms with Crippen LogP contribution in [0, 0.1) is 0 Å². The largest absolute Gasteiger partial charge is 0.493 e. The molecule has 0 unspecified atom stereocenters. The molecule has 0 aromatic heterocycles. The van der Waals surface area contributed by atoms with Crippen LogP contribution in [0.5, 0.6) is 11.5 Å². The Morgan fingerprint density at radius 1 is 1.33 bits per heavy atom. The van der Waals surface area contributed by atoms with E-state index >= 15 is 0 Å². The maximum atomic E-state index is 12.5. The number of para-hydroxylation sites is 1. The van der Waals surface area contributed by atoms with Gasteiger partial charge < -0.3 is 20.1 Å². The highest BCUT2D eigenvalue weighted by atomic mass is 19.3. The molecule has 8 heteroatoms. The number of alkyl halides is 2. The van der Waals surface area contributed by atoms with Gasteiger partial charge in [-0.15, -0.1) is 0 Å². The zero-order valence-electron chi connectivity index (χ0n) is 13.6. The Morgan fingerprint density at radius 2 is 2.04 bits per heavy atom. The molecule has 1 aromatic carbocycles. The van der Waals surface area contributed by atoms with Crippen LogP contribution in [0.4, 0.5) is 8.78 Å². The highest BCUT2D eigenvalue weighted by Crippen LogP contribution is 2.33. The van der Waals surface area contributed by atoms with E-state index in [1.165, 1.54) is 32.2 Å². The Bertz CT molecular complexity index is 606. The van der Waals surface area contributed by atoms with Crippen LogP contribution in [-0.2, 0) is 9.59 Å². The van der Waals surface area contributed by atoms with Crippen LogP contribution < -0.4 is 20.1 Å². The number of rotatable bonds is 8. The quantitative estimate of drug-likeness (QED) is 0.708. The van der Waals surface area contributed by atoms with Crippen molar-refractivity contribution < 1.29 is 27.8 Å². The van der Waals surface area contributed by atoms with E-state index in [9.17, 15) is 18.4 Å². The van der Waals surface area contributed by atoms with Crippen LogP contribution in [0.3, 0.4) is 0 Å². The number of halogens is 2. The number of nitrogens with one attached hydrogen (secondary N) is 2. The van der Waals surface area contributed by atoms with Crippen LogP contribution in [0.2, 0.25) is 0 Å². The van der Waals surface area contributed by atoms with E-state index in [1.54, 1.807) is 13.0 Å². The van der Waals surface area contributed by atoms with E-state index in [-0.39, 0.29) is 23.0 Å². The number of carbonyl (C=O) groups is 2. The summed E-state index contributed by atoms with van der Waals surface area (Å²) in [7, 11) is 1.32. The van der Waals surface area contributed by atoms with E-state index in [2.05, 4.69) is 15.4 Å². The van der Waals surface area contributed by atoms with Gasteiger partial charge >= 0.3 is 6.61 Å². The van der Waals surface area contributed by atoms with E-state index in [0.29, 0.717) is 6.54 Å². The Balaban J connectivity index is 2.86. The molecular formula is C16H20F2N2O4. The van der Waals surface area contributed by atoms with Gasteiger partial charge in [0.2, 0.25) is 11.8 Å². The molecule has 0 fully saturated rings. The summed E-state index contributed by atoms with van der Waals surface area (Å²) in [6, 6.07) is 3.82. The minimum atomic E-state index is -3.03.